The molecule has 9 heteroatoms. The van der Waals surface area contributed by atoms with Crippen LogP contribution in [0.5, 0.6) is 0 Å². The molecule has 1 aliphatic heterocycles. The zero-order valence-corrected chi connectivity index (χ0v) is 16.2. The molecule has 0 saturated heterocycles. The summed E-state index contributed by atoms with van der Waals surface area (Å²) < 4.78 is 5.20. The molecule has 3 rings (SSSR count). The Morgan fingerprint density at radius 1 is 1.21 bits per heavy atom. The Morgan fingerprint density at radius 3 is 2.86 bits per heavy atom. The lowest BCUT2D eigenvalue weighted by molar-refractivity contribution is 0.144. The monoisotopic (exact) mass is 402 g/mol. The fourth-order valence-electron chi connectivity index (χ4n) is 3.02. The Morgan fingerprint density at radius 2 is 2.04 bits per heavy atom. The predicted molar refractivity (Wildman–Crippen MR) is 108 cm³/mol. The van der Waals surface area contributed by atoms with Crippen LogP contribution >= 0.6 is 11.6 Å². The first-order chi connectivity index (χ1) is 13.6. The summed E-state index contributed by atoms with van der Waals surface area (Å²) >= 11 is 5.88. The number of amides is 1. The van der Waals surface area contributed by atoms with Crippen LogP contribution in [-0.4, -0.2) is 40.4 Å². The van der Waals surface area contributed by atoms with Crippen molar-refractivity contribution in [1.82, 2.24) is 20.3 Å². The fraction of sp³-hybridized carbons (Fsp3) is 0.421. The van der Waals surface area contributed by atoms with Crippen LogP contribution < -0.4 is 11.1 Å². The molecule has 1 unspecified atom stereocenters. The molecule has 8 nitrogen and oxygen atoms in total. The number of hydrogen-bond donors (Lipinski definition) is 2. The van der Waals surface area contributed by atoms with Crippen LogP contribution in [-0.2, 0) is 11.2 Å². The van der Waals surface area contributed by atoms with E-state index in [0.29, 0.717) is 24.7 Å². The van der Waals surface area contributed by atoms with E-state index in [1.807, 2.05) is 18.3 Å². The molecular formula is C19H23ClN6O2. The highest BCUT2D eigenvalue weighted by atomic mass is 35.5. The number of aliphatic imine (C=N–C) groups is 1. The van der Waals surface area contributed by atoms with E-state index in [-0.39, 0.29) is 17.3 Å². The van der Waals surface area contributed by atoms with Gasteiger partial charge in [-0.25, -0.2) is 9.78 Å². The first kappa shape index (κ1) is 20.0. The van der Waals surface area contributed by atoms with Crippen LogP contribution in [0.3, 0.4) is 0 Å². The Kier molecular flexibility index (Phi) is 7.13. The summed E-state index contributed by atoms with van der Waals surface area (Å²) in [6.45, 7) is 0.939. The number of nitrogens with two attached hydrogens (primary N) is 1. The van der Waals surface area contributed by atoms with E-state index >= 15 is 0 Å². The average molecular weight is 403 g/mol. The maximum atomic E-state index is 11.7. The molecule has 0 saturated carbocycles. The second kappa shape index (κ2) is 9.98. The van der Waals surface area contributed by atoms with E-state index < -0.39 is 0 Å². The Hall–Kier alpha value is -2.74. The van der Waals surface area contributed by atoms with Gasteiger partial charge in [0.15, 0.2) is 5.82 Å². The van der Waals surface area contributed by atoms with E-state index in [2.05, 4.69) is 25.3 Å². The van der Waals surface area contributed by atoms with Crippen LogP contribution in [0.4, 0.5) is 16.3 Å². The number of nitrogens with one attached hydrogen (secondary N) is 1. The van der Waals surface area contributed by atoms with E-state index in [4.69, 9.17) is 22.1 Å². The topological polar surface area (TPSA) is 115 Å². The minimum atomic E-state index is -0.382. The number of carbonyl (C=O) groups excluding carboxylic acids is 1. The summed E-state index contributed by atoms with van der Waals surface area (Å²) in [5, 5.41) is 2.90. The first-order valence-corrected chi connectivity index (χ1v) is 9.68. The van der Waals surface area contributed by atoms with Crippen molar-refractivity contribution in [3.63, 3.8) is 0 Å². The van der Waals surface area contributed by atoms with Gasteiger partial charge in [-0.1, -0.05) is 12.8 Å². The number of aromatic nitrogens is 3. The predicted octanol–water partition coefficient (Wildman–Crippen LogP) is 3.44. The largest absolute Gasteiger partial charge is 0.450 e. The van der Waals surface area contributed by atoms with Gasteiger partial charge in [0, 0.05) is 31.1 Å². The van der Waals surface area contributed by atoms with Crippen molar-refractivity contribution in [1.29, 1.82) is 0 Å². The number of rotatable bonds is 9. The SMILES string of the molecule is Nc1nc(Cl)nc2c1N=CC2CCCCCOC(=O)NCCc1ccncc1. The van der Waals surface area contributed by atoms with Crippen molar-refractivity contribution in [2.45, 2.75) is 38.0 Å². The molecule has 1 atom stereocenters. The zero-order chi connectivity index (χ0) is 19.8. The van der Waals surface area contributed by atoms with Gasteiger partial charge >= 0.3 is 6.09 Å². The summed E-state index contributed by atoms with van der Waals surface area (Å²) in [5.74, 6) is 0.423. The Bertz CT molecular complexity index is 831. The molecule has 28 heavy (non-hydrogen) atoms. The van der Waals surface area contributed by atoms with Crippen LogP contribution in [0.1, 0.15) is 42.9 Å². The summed E-state index contributed by atoms with van der Waals surface area (Å²) in [6, 6.07) is 3.85. The standard InChI is InChI=1S/C19H23ClN6O2/c20-18-25-15-14(12-24-16(15)17(21)26-18)4-2-1-3-11-28-19(27)23-10-7-13-5-8-22-9-6-13/h5-6,8-9,12,14H,1-4,7,10-11H2,(H,23,27)(H2,21,25,26). The summed E-state index contributed by atoms with van der Waals surface area (Å²) in [5.41, 5.74) is 8.36. The smallest absolute Gasteiger partial charge is 0.407 e. The van der Waals surface area contributed by atoms with Gasteiger partial charge in [-0.3, -0.25) is 9.98 Å². The van der Waals surface area contributed by atoms with E-state index in [1.165, 1.54) is 0 Å². The van der Waals surface area contributed by atoms with Gasteiger partial charge in [-0.05, 0) is 48.6 Å². The van der Waals surface area contributed by atoms with Crippen molar-refractivity contribution >= 4 is 35.4 Å². The zero-order valence-electron chi connectivity index (χ0n) is 15.5. The molecule has 2 aromatic rings. The van der Waals surface area contributed by atoms with Crippen LogP contribution in [0.15, 0.2) is 29.5 Å². The van der Waals surface area contributed by atoms with Crippen LogP contribution in [0.25, 0.3) is 0 Å². The van der Waals surface area contributed by atoms with Gasteiger partial charge in [-0.15, -0.1) is 0 Å². The normalized spacial score (nSPS) is 14.7. The summed E-state index contributed by atoms with van der Waals surface area (Å²) in [6.07, 6.45) is 9.29. The molecule has 0 aliphatic carbocycles. The number of hydrogen-bond acceptors (Lipinski definition) is 7. The van der Waals surface area contributed by atoms with Crippen molar-refractivity contribution < 1.29 is 9.53 Å². The third kappa shape index (κ3) is 5.63. The van der Waals surface area contributed by atoms with Crippen LogP contribution in [0.2, 0.25) is 5.28 Å². The van der Waals surface area contributed by atoms with Crippen molar-refractivity contribution in [3.05, 3.63) is 41.1 Å². The van der Waals surface area contributed by atoms with Crippen molar-refractivity contribution in [3.8, 4) is 0 Å². The molecule has 0 radical (unpaired) electrons. The number of ether oxygens (including phenoxy) is 1. The Labute approximate surface area is 168 Å². The lowest BCUT2D eigenvalue weighted by Gasteiger charge is -2.10. The van der Waals surface area contributed by atoms with Crippen molar-refractivity contribution in [2.75, 3.05) is 18.9 Å². The van der Waals surface area contributed by atoms with E-state index in [1.54, 1.807) is 12.4 Å². The van der Waals surface area contributed by atoms with Gasteiger partial charge in [0.25, 0.3) is 0 Å². The molecule has 2 aromatic heterocycles. The molecule has 0 fully saturated rings. The van der Waals surface area contributed by atoms with Gasteiger partial charge in [0.2, 0.25) is 5.28 Å². The number of alkyl carbamates (subject to hydrolysis) is 1. The lowest BCUT2D eigenvalue weighted by atomic mass is 9.99. The number of unbranched alkanes of at least 4 members (excludes halogenated alkanes) is 2. The number of fused-ring (bicyclic) bond motifs is 1. The first-order valence-electron chi connectivity index (χ1n) is 9.30. The maximum Gasteiger partial charge on any atom is 0.407 e. The molecule has 1 aliphatic rings. The molecule has 148 valence electrons. The molecule has 0 bridgehead atoms. The quantitative estimate of drug-likeness (QED) is 0.490. The molecule has 1 amide bonds. The number of anilines is 1. The minimum absolute atomic E-state index is 0.107. The van der Waals surface area contributed by atoms with Crippen LogP contribution in [0, 0.1) is 0 Å². The highest BCUT2D eigenvalue weighted by Gasteiger charge is 2.23. The molecule has 3 heterocycles. The lowest BCUT2D eigenvalue weighted by Crippen LogP contribution is -2.26. The second-order valence-corrected chi connectivity index (χ2v) is 6.85. The van der Waals surface area contributed by atoms with Gasteiger partial charge < -0.3 is 15.8 Å². The van der Waals surface area contributed by atoms with E-state index in [9.17, 15) is 4.79 Å². The summed E-state index contributed by atoms with van der Waals surface area (Å²) in [4.78, 5) is 28.1. The Balaban J connectivity index is 1.26. The number of carbonyl (C=O) groups is 1. The van der Waals surface area contributed by atoms with Gasteiger partial charge in [0.05, 0.1) is 12.3 Å². The minimum Gasteiger partial charge on any atom is -0.450 e. The third-order valence-electron chi connectivity index (χ3n) is 4.47. The van der Waals surface area contributed by atoms with Gasteiger partial charge in [0.1, 0.15) is 5.69 Å². The second-order valence-electron chi connectivity index (χ2n) is 6.51. The fourth-order valence-corrected chi connectivity index (χ4v) is 3.20. The molecular weight excluding hydrogens is 380 g/mol. The number of nitrogens with zero attached hydrogens (tertiary/aromatic N) is 4. The third-order valence-corrected chi connectivity index (χ3v) is 4.64. The highest BCUT2D eigenvalue weighted by Crippen LogP contribution is 2.37. The highest BCUT2D eigenvalue weighted by molar-refractivity contribution is 6.28. The molecule has 0 aromatic carbocycles. The number of nitrogen functional groups attached to an aromatic ring is 1. The van der Waals surface area contributed by atoms with E-state index in [0.717, 1.165) is 43.4 Å². The number of pyridine rings is 1. The summed E-state index contributed by atoms with van der Waals surface area (Å²) in [7, 11) is 0. The van der Waals surface area contributed by atoms with Crippen molar-refractivity contribution in [2.24, 2.45) is 4.99 Å². The number of halogens is 1. The van der Waals surface area contributed by atoms with Gasteiger partial charge in [-0.2, -0.15) is 4.98 Å². The molecule has 0 spiro atoms. The molecule has 3 N–H and O–H groups in total. The maximum absolute atomic E-state index is 11.7. The average Bonchev–Trinajstić information content (AvgIpc) is 3.08.